The van der Waals surface area contributed by atoms with Crippen molar-refractivity contribution in [3.05, 3.63) is 89.8 Å². The molecule has 170 valence electrons. The van der Waals surface area contributed by atoms with Gasteiger partial charge in [0.2, 0.25) is 17.6 Å². The Kier molecular flexibility index (Phi) is 5.97. The number of carbonyl (C=O) groups excluding carboxylic acids is 2. The van der Waals surface area contributed by atoms with Crippen LogP contribution in [0.15, 0.2) is 83.4 Å². The summed E-state index contributed by atoms with van der Waals surface area (Å²) < 4.78 is 5.49. The summed E-state index contributed by atoms with van der Waals surface area (Å²) in [6.45, 7) is 0.433. The van der Waals surface area contributed by atoms with Crippen LogP contribution in [0.5, 0.6) is 0 Å². The van der Waals surface area contributed by atoms with Crippen molar-refractivity contribution < 1.29 is 14.1 Å². The maximum absolute atomic E-state index is 12.6. The van der Waals surface area contributed by atoms with E-state index < -0.39 is 0 Å². The molecule has 3 aromatic carbocycles. The maximum atomic E-state index is 12.6. The van der Waals surface area contributed by atoms with E-state index in [-0.39, 0.29) is 24.3 Å². The van der Waals surface area contributed by atoms with Crippen LogP contribution in [0.1, 0.15) is 18.2 Å². The number of anilines is 3. The van der Waals surface area contributed by atoms with E-state index in [0.717, 1.165) is 5.69 Å². The smallest absolute Gasteiger partial charge is 0.323 e. The molecule has 4 aromatic rings. The average Bonchev–Trinajstić information content (AvgIpc) is 3.47. The number of hydrogen-bond donors (Lipinski definition) is 2. The Labute approximate surface area is 200 Å². The largest absolute Gasteiger partial charge is 0.339 e. The predicted molar refractivity (Wildman–Crippen MR) is 130 cm³/mol. The van der Waals surface area contributed by atoms with Gasteiger partial charge in [-0.2, -0.15) is 4.98 Å². The Hall–Kier alpha value is -4.17. The highest BCUT2D eigenvalue weighted by molar-refractivity contribution is 6.30. The summed E-state index contributed by atoms with van der Waals surface area (Å²) >= 11 is 6.07. The van der Waals surface area contributed by atoms with E-state index in [0.29, 0.717) is 40.2 Å². The Balaban J connectivity index is 1.27. The summed E-state index contributed by atoms with van der Waals surface area (Å²) in [5.41, 5.74) is 2.70. The van der Waals surface area contributed by atoms with Gasteiger partial charge in [0.25, 0.3) is 0 Å². The molecule has 1 fully saturated rings. The lowest BCUT2D eigenvalue weighted by Crippen LogP contribution is -2.24. The fourth-order valence-corrected chi connectivity index (χ4v) is 4.02. The van der Waals surface area contributed by atoms with Gasteiger partial charge < -0.3 is 20.1 Å². The first-order valence-electron chi connectivity index (χ1n) is 10.7. The number of benzene rings is 3. The quantitative estimate of drug-likeness (QED) is 0.395. The third-order valence-corrected chi connectivity index (χ3v) is 5.68. The summed E-state index contributed by atoms with van der Waals surface area (Å²) in [6.07, 6.45) is 0.273. The molecule has 1 aliphatic rings. The highest BCUT2D eigenvalue weighted by Crippen LogP contribution is 2.33. The van der Waals surface area contributed by atoms with Gasteiger partial charge in [0.1, 0.15) is 0 Å². The van der Waals surface area contributed by atoms with Crippen molar-refractivity contribution in [2.24, 2.45) is 0 Å². The molecule has 1 aliphatic heterocycles. The van der Waals surface area contributed by atoms with Gasteiger partial charge in [-0.15, -0.1) is 0 Å². The van der Waals surface area contributed by atoms with Crippen molar-refractivity contribution in [2.45, 2.75) is 12.3 Å². The minimum atomic E-state index is -0.359. The van der Waals surface area contributed by atoms with Gasteiger partial charge in [0, 0.05) is 40.6 Å². The van der Waals surface area contributed by atoms with Crippen molar-refractivity contribution in [1.29, 1.82) is 0 Å². The molecule has 0 bridgehead atoms. The molecule has 1 atom stereocenters. The first kappa shape index (κ1) is 21.7. The van der Waals surface area contributed by atoms with Crippen LogP contribution < -0.4 is 15.5 Å². The number of nitrogens with zero attached hydrogens (tertiary/aromatic N) is 3. The number of aromatic nitrogens is 2. The van der Waals surface area contributed by atoms with Gasteiger partial charge in [-0.1, -0.05) is 53.2 Å². The van der Waals surface area contributed by atoms with Crippen molar-refractivity contribution in [2.75, 3.05) is 22.1 Å². The lowest BCUT2D eigenvalue weighted by Gasteiger charge is -2.16. The molecule has 3 amide bonds. The van der Waals surface area contributed by atoms with Crippen molar-refractivity contribution >= 4 is 40.6 Å². The molecular formula is C25H20ClN5O3. The van der Waals surface area contributed by atoms with Crippen LogP contribution in [0.3, 0.4) is 0 Å². The highest BCUT2D eigenvalue weighted by Gasteiger charge is 2.35. The van der Waals surface area contributed by atoms with E-state index in [1.54, 1.807) is 47.4 Å². The number of carbonyl (C=O) groups is 2. The molecule has 34 heavy (non-hydrogen) atoms. The Morgan fingerprint density at radius 2 is 1.74 bits per heavy atom. The highest BCUT2D eigenvalue weighted by atomic mass is 35.5. The van der Waals surface area contributed by atoms with E-state index in [1.807, 2.05) is 36.4 Å². The molecule has 1 saturated heterocycles. The van der Waals surface area contributed by atoms with Crippen LogP contribution in [0.2, 0.25) is 5.02 Å². The molecule has 0 saturated carbocycles. The molecular weight excluding hydrogens is 454 g/mol. The van der Waals surface area contributed by atoms with Gasteiger partial charge in [-0.3, -0.25) is 4.79 Å². The van der Waals surface area contributed by atoms with Crippen LogP contribution in [0.4, 0.5) is 21.9 Å². The molecule has 9 heteroatoms. The topological polar surface area (TPSA) is 100 Å². The molecule has 5 rings (SSSR count). The summed E-state index contributed by atoms with van der Waals surface area (Å²) in [5, 5.41) is 10.2. The van der Waals surface area contributed by atoms with Gasteiger partial charge >= 0.3 is 6.03 Å². The minimum absolute atomic E-state index is 0.0253. The Morgan fingerprint density at radius 3 is 2.56 bits per heavy atom. The summed E-state index contributed by atoms with van der Waals surface area (Å²) in [4.78, 5) is 31.1. The van der Waals surface area contributed by atoms with Gasteiger partial charge in [0.15, 0.2) is 0 Å². The Morgan fingerprint density at radius 1 is 0.971 bits per heavy atom. The molecule has 0 radical (unpaired) electrons. The van der Waals surface area contributed by atoms with E-state index in [2.05, 4.69) is 20.8 Å². The van der Waals surface area contributed by atoms with Crippen LogP contribution in [0.25, 0.3) is 11.4 Å². The first-order valence-corrected chi connectivity index (χ1v) is 11.1. The van der Waals surface area contributed by atoms with Gasteiger partial charge in [-0.25, -0.2) is 4.79 Å². The van der Waals surface area contributed by atoms with Gasteiger partial charge in [0.05, 0.1) is 5.92 Å². The van der Waals surface area contributed by atoms with Crippen molar-refractivity contribution in [3.8, 4) is 11.4 Å². The molecule has 0 spiro atoms. The SMILES string of the molecule is O=C(Nc1ccccc1)Nc1cccc(-c2noc(C3CC(=O)N(c4cccc(Cl)c4)C3)n2)c1. The van der Waals surface area contributed by atoms with Crippen LogP contribution in [-0.2, 0) is 4.79 Å². The number of amides is 3. The zero-order chi connectivity index (χ0) is 23.5. The van der Waals surface area contributed by atoms with E-state index >= 15 is 0 Å². The number of nitrogens with one attached hydrogen (secondary N) is 2. The number of para-hydroxylation sites is 1. The maximum Gasteiger partial charge on any atom is 0.323 e. The second-order valence-electron chi connectivity index (χ2n) is 7.87. The monoisotopic (exact) mass is 473 g/mol. The zero-order valence-electron chi connectivity index (χ0n) is 17.9. The minimum Gasteiger partial charge on any atom is -0.339 e. The predicted octanol–water partition coefficient (Wildman–Crippen LogP) is 5.55. The average molecular weight is 474 g/mol. The lowest BCUT2D eigenvalue weighted by molar-refractivity contribution is -0.117. The summed E-state index contributed by atoms with van der Waals surface area (Å²) in [6, 6.07) is 23.1. The number of rotatable bonds is 5. The van der Waals surface area contributed by atoms with Crippen LogP contribution >= 0.6 is 11.6 Å². The molecule has 2 heterocycles. The third kappa shape index (κ3) is 4.77. The van der Waals surface area contributed by atoms with Crippen LogP contribution in [-0.4, -0.2) is 28.6 Å². The van der Waals surface area contributed by atoms with E-state index in [9.17, 15) is 9.59 Å². The lowest BCUT2D eigenvalue weighted by atomic mass is 10.1. The van der Waals surface area contributed by atoms with Crippen LogP contribution in [0, 0.1) is 0 Å². The van der Waals surface area contributed by atoms with E-state index in [1.165, 1.54) is 0 Å². The summed E-state index contributed by atoms with van der Waals surface area (Å²) in [7, 11) is 0. The molecule has 1 aromatic heterocycles. The third-order valence-electron chi connectivity index (χ3n) is 5.45. The molecule has 2 N–H and O–H groups in total. The molecule has 8 nitrogen and oxygen atoms in total. The zero-order valence-corrected chi connectivity index (χ0v) is 18.7. The molecule has 0 aliphatic carbocycles. The van der Waals surface area contributed by atoms with E-state index in [4.69, 9.17) is 16.1 Å². The fraction of sp³-hybridized carbons (Fsp3) is 0.120. The normalized spacial score (nSPS) is 15.4. The number of hydrogen-bond acceptors (Lipinski definition) is 5. The molecule has 1 unspecified atom stereocenters. The number of halogens is 1. The number of urea groups is 1. The van der Waals surface area contributed by atoms with Crippen molar-refractivity contribution in [3.63, 3.8) is 0 Å². The second-order valence-corrected chi connectivity index (χ2v) is 8.30. The van der Waals surface area contributed by atoms with Crippen molar-refractivity contribution in [1.82, 2.24) is 10.1 Å². The van der Waals surface area contributed by atoms with Gasteiger partial charge in [-0.05, 0) is 42.5 Å². The second kappa shape index (κ2) is 9.36. The fourth-order valence-electron chi connectivity index (χ4n) is 3.84. The summed E-state index contributed by atoms with van der Waals surface area (Å²) in [5.74, 6) is 0.539. The first-order chi connectivity index (χ1) is 16.5. The Bertz CT molecular complexity index is 1340. The standard InChI is InChI=1S/C25H20ClN5O3/c26-18-7-5-11-21(14-18)31-15-17(13-22(31)32)24-29-23(30-34-24)16-6-4-10-20(12-16)28-25(33)27-19-8-2-1-3-9-19/h1-12,14,17H,13,15H2,(H2,27,28,33).